The molecule has 0 aromatic heterocycles. The third-order valence-corrected chi connectivity index (χ3v) is 3.03. The highest BCUT2D eigenvalue weighted by molar-refractivity contribution is 5.36. The molecule has 0 heterocycles. The molecule has 0 spiro atoms. The van der Waals surface area contributed by atoms with Gasteiger partial charge >= 0.3 is 6.11 Å². The monoisotopic (exact) mass is 286 g/mol. The molecule has 1 unspecified atom stereocenters. The van der Waals surface area contributed by atoms with Crippen LogP contribution in [0.5, 0.6) is 5.75 Å². The topological polar surface area (TPSA) is 9.23 Å². The molecule has 20 heavy (non-hydrogen) atoms. The zero-order valence-corrected chi connectivity index (χ0v) is 11.1. The Morgan fingerprint density at radius 1 is 1.15 bits per heavy atom. The Hall–Kier alpha value is -1.78. The van der Waals surface area contributed by atoms with Crippen molar-refractivity contribution in [1.82, 2.24) is 0 Å². The van der Waals surface area contributed by atoms with Gasteiger partial charge in [-0.3, -0.25) is 0 Å². The molecule has 0 saturated carbocycles. The first kappa shape index (κ1) is 14.6. The van der Waals surface area contributed by atoms with Crippen LogP contribution >= 0.6 is 0 Å². The van der Waals surface area contributed by atoms with Crippen molar-refractivity contribution < 1.29 is 22.3 Å². The van der Waals surface area contributed by atoms with Crippen LogP contribution in [0.2, 0.25) is 0 Å². The predicted octanol–water partition coefficient (Wildman–Crippen LogP) is 4.88. The summed E-state index contributed by atoms with van der Waals surface area (Å²) >= 11 is 0. The molecule has 1 atom stereocenters. The minimum atomic E-state index is -4.02. The van der Waals surface area contributed by atoms with Gasteiger partial charge in [-0.05, 0) is 32.1 Å². The summed E-state index contributed by atoms with van der Waals surface area (Å²) in [5, 5.41) is 0. The van der Waals surface area contributed by atoms with Gasteiger partial charge < -0.3 is 4.74 Å². The molecule has 0 N–H and O–H groups in total. The number of allylic oxidation sites excluding steroid dienone is 3. The van der Waals surface area contributed by atoms with Gasteiger partial charge in [-0.25, -0.2) is 8.78 Å². The average molecular weight is 286 g/mol. The molecule has 1 aromatic carbocycles. The minimum absolute atomic E-state index is 0.139. The van der Waals surface area contributed by atoms with E-state index in [2.05, 4.69) is 4.74 Å². The molecule has 0 aliphatic heterocycles. The van der Waals surface area contributed by atoms with Gasteiger partial charge in [0.1, 0.15) is 23.3 Å². The summed E-state index contributed by atoms with van der Waals surface area (Å²) in [7, 11) is 0. The Kier molecular flexibility index (Phi) is 3.88. The highest BCUT2D eigenvalue weighted by atomic mass is 19.3. The van der Waals surface area contributed by atoms with Gasteiger partial charge in [-0.1, -0.05) is 23.3 Å². The minimum Gasteiger partial charge on any atom is -0.429 e. The van der Waals surface area contributed by atoms with Crippen LogP contribution in [-0.2, 0) is 0 Å². The first-order valence-electron chi connectivity index (χ1n) is 6.14. The summed E-state index contributed by atoms with van der Waals surface area (Å²) in [6.45, 7) is 3.28. The Morgan fingerprint density at radius 2 is 1.75 bits per heavy atom. The quantitative estimate of drug-likeness (QED) is 0.720. The number of ether oxygens (including phenoxy) is 1. The molecule has 0 amide bonds. The molecule has 1 aliphatic rings. The number of hydrogen-bond donors (Lipinski definition) is 0. The zero-order chi connectivity index (χ0) is 14.9. The van der Waals surface area contributed by atoms with Gasteiger partial charge in [-0.15, -0.1) is 0 Å². The normalized spacial score (nSPS) is 19.9. The third kappa shape index (κ3) is 3.03. The maximum Gasteiger partial charge on any atom is 0.428 e. The summed E-state index contributed by atoms with van der Waals surface area (Å²) in [4.78, 5) is 0. The van der Waals surface area contributed by atoms with E-state index >= 15 is 0 Å². The average Bonchev–Trinajstić information content (AvgIpc) is 2.30. The lowest BCUT2D eigenvalue weighted by Crippen LogP contribution is -2.34. The summed E-state index contributed by atoms with van der Waals surface area (Å²) in [5.74, 6) is -1.40. The molecule has 5 heteroatoms. The second-order valence-electron chi connectivity index (χ2n) is 4.86. The van der Waals surface area contributed by atoms with E-state index in [4.69, 9.17) is 0 Å². The van der Waals surface area contributed by atoms with Gasteiger partial charge in [0, 0.05) is 6.42 Å². The second-order valence-corrected chi connectivity index (χ2v) is 4.86. The van der Waals surface area contributed by atoms with E-state index in [1.807, 2.05) is 0 Å². The molecule has 1 aromatic rings. The van der Waals surface area contributed by atoms with Crippen LogP contribution in [0.3, 0.4) is 0 Å². The van der Waals surface area contributed by atoms with Crippen molar-refractivity contribution in [2.24, 2.45) is 0 Å². The van der Waals surface area contributed by atoms with Gasteiger partial charge in [0.2, 0.25) is 0 Å². The number of alkyl halides is 3. The third-order valence-electron chi connectivity index (χ3n) is 3.03. The van der Waals surface area contributed by atoms with Crippen molar-refractivity contribution in [1.29, 1.82) is 0 Å². The largest absolute Gasteiger partial charge is 0.429 e. The Morgan fingerprint density at radius 3 is 2.30 bits per heavy atom. The number of halogens is 4. The van der Waals surface area contributed by atoms with E-state index in [9.17, 15) is 17.6 Å². The molecular formula is C15H14F4O. The van der Waals surface area contributed by atoms with Crippen LogP contribution < -0.4 is 4.74 Å². The van der Waals surface area contributed by atoms with Crippen LogP contribution in [0.25, 0.3) is 0 Å². The first-order valence-corrected chi connectivity index (χ1v) is 6.14. The molecule has 0 bridgehead atoms. The maximum atomic E-state index is 13.9. The summed E-state index contributed by atoms with van der Waals surface area (Å²) in [6, 6.07) is 5.82. The fraction of sp³-hybridized carbons (Fsp3) is 0.333. The standard InChI is InChI=1S/C15H14F4O/c1-9-3-5-11(6-4-9)20-15(18,19)14-12(16)7-10(2)8-13(14)17/h3-7,13H,8H2,1-2H3. The van der Waals surface area contributed by atoms with E-state index in [-0.39, 0.29) is 12.2 Å². The summed E-state index contributed by atoms with van der Waals surface area (Å²) in [6.07, 6.45) is -5.44. The Labute approximate surface area is 114 Å². The van der Waals surface area contributed by atoms with Gasteiger partial charge in [0.25, 0.3) is 0 Å². The molecule has 1 nitrogen and oxygen atoms in total. The SMILES string of the molecule is CC1=CC(F)=C(C(F)(F)Oc2ccc(C)cc2)C(F)C1. The van der Waals surface area contributed by atoms with Crippen LogP contribution in [0.15, 0.2) is 47.3 Å². The number of aryl methyl sites for hydroxylation is 1. The van der Waals surface area contributed by atoms with Gasteiger partial charge in [0.15, 0.2) is 0 Å². The molecule has 1 aliphatic carbocycles. The number of benzene rings is 1. The Balaban J connectivity index is 2.30. The van der Waals surface area contributed by atoms with E-state index < -0.39 is 23.7 Å². The first-order chi connectivity index (χ1) is 9.29. The Bertz CT molecular complexity index is 558. The van der Waals surface area contributed by atoms with Gasteiger partial charge in [-0.2, -0.15) is 8.78 Å². The molecule has 108 valence electrons. The van der Waals surface area contributed by atoms with Crippen molar-refractivity contribution in [3.63, 3.8) is 0 Å². The zero-order valence-electron chi connectivity index (χ0n) is 11.1. The molecule has 0 radical (unpaired) electrons. The van der Waals surface area contributed by atoms with Crippen LogP contribution in [0, 0.1) is 6.92 Å². The molecule has 0 fully saturated rings. The highest BCUT2D eigenvalue weighted by Crippen LogP contribution is 2.39. The van der Waals surface area contributed by atoms with E-state index in [1.54, 1.807) is 19.1 Å². The van der Waals surface area contributed by atoms with Crippen LogP contribution in [0.4, 0.5) is 17.6 Å². The lowest BCUT2D eigenvalue weighted by atomic mass is 9.96. The highest BCUT2D eigenvalue weighted by Gasteiger charge is 2.45. The smallest absolute Gasteiger partial charge is 0.428 e. The lowest BCUT2D eigenvalue weighted by Gasteiger charge is -2.26. The fourth-order valence-corrected chi connectivity index (χ4v) is 2.02. The second kappa shape index (κ2) is 5.31. The van der Waals surface area contributed by atoms with Crippen molar-refractivity contribution in [3.05, 3.63) is 52.9 Å². The van der Waals surface area contributed by atoms with Crippen molar-refractivity contribution >= 4 is 0 Å². The van der Waals surface area contributed by atoms with Crippen LogP contribution in [-0.4, -0.2) is 12.3 Å². The lowest BCUT2D eigenvalue weighted by molar-refractivity contribution is -0.150. The van der Waals surface area contributed by atoms with Crippen molar-refractivity contribution in [2.75, 3.05) is 0 Å². The molecule has 2 rings (SSSR count). The molecular weight excluding hydrogens is 272 g/mol. The number of rotatable bonds is 3. The van der Waals surface area contributed by atoms with E-state index in [0.717, 1.165) is 11.6 Å². The van der Waals surface area contributed by atoms with E-state index in [1.165, 1.54) is 19.1 Å². The number of hydrogen-bond acceptors (Lipinski definition) is 1. The maximum absolute atomic E-state index is 13.9. The van der Waals surface area contributed by atoms with Crippen molar-refractivity contribution in [2.45, 2.75) is 32.5 Å². The summed E-state index contributed by atoms with van der Waals surface area (Å²) < 4.78 is 59.7. The predicted molar refractivity (Wildman–Crippen MR) is 68.2 cm³/mol. The van der Waals surface area contributed by atoms with Crippen LogP contribution in [0.1, 0.15) is 18.9 Å². The van der Waals surface area contributed by atoms with E-state index in [0.29, 0.717) is 5.57 Å². The molecule has 0 saturated heterocycles. The van der Waals surface area contributed by atoms with Crippen molar-refractivity contribution in [3.8, 4) is 5.75 Å². The summed E-state index contributed by atoms with van der Waals surface area (Å²) in [5.41, 5.74) is -0.000726. The van der Waals surface area contributed by atoms with Gasteiger partial charge in [0.05, 0.1) is 0 Å². The fourth-order valence-electron chi connectivity index (χ4n) is 2.02.